The Morgan fingerprint density at radius 1 is 2.80 bits per heavy atom. The van der Waals surface area contributed by atoms with Gasteiger partial charge in [-0.1, -0.05) is 0 Å². The summed E-state index contributed by atoms with van der Waals surface area (Å²) in [6.45, 7) is 0. The average Bonchev–Trinajstić information content (AvgIpc) is 1.61. The molecule has 0 saturated heterocycles. The summed E-state index contributed by atoms with van der Waals surface area (Å²) in [4.78, 5) is 0. The van der Waals surface area contributed by atoms with Gasteiger partial charge in [-0.25, -0.2) is 0 Å². The fourth-order valence-electron chi connectivity index (χ4n) is 0.0680. The molecule has 1 nitrogen and oxygen atoms in total. The Labute approximate surface area is 40.4 Å². The zero-order valence-electron chi connectivity index (χ0n) is 5.10. The third-order valence-corrected chi connectivity index (χ3v) is 0.558. The smallest absolute Gasteiger partial charge is 0.117 e. The van der Waals surface area contributed by atoms with Crippen molar-refractivity contribution in [1.82, 2.24) is 0 Å². The average molecular weight is 93.0 g/mol. The van der Waals surface area contributed by atoms with Crippen LogP contribution in [-0.2, 0) is 4.18 Å². The molecule has 3 heteroatoms. The molecule has 0 amide bonds. The molecule has 0 N–H and O–H groups in total. The van der Waals surface area contributed by atoms with Crippen LogP contribution in [0.4, 0.5) is 0 Å². The molecule has 0 rings (SSSR count). The highest BCUT2D eigenvalue weighted by Crippen LogP contribution is 1.91. The monoisotopic (exact) mass is 93.0 g/mol. The molecule has 0 saturated carbocycles. The van der Waals surface area contributed by atoms with Crippen molar-refractivity contribution < 1.29 is 4.18 Å². The molecular weight excluding hydrogens is 82.9 g/mol. The Kier molecular flexibility index (Phi) is 2.21. The lowest BCUT2D eigenvalue weighted by Gasteiger charge is -1.82. The van der Waals surface area contributed by atoms with Gasteiger partial charge in [-0.3, -0.25) is 0 Å². The summed E-state index contributed by atoms with van der Waals surface area (Å²) in [6, 6.07) is 0. The van der Waals surface area contributed by atoms with Crippen LogP contribution in [0.2, 0.25) is 0 Å². The molecule has 0 radical (unpaired) electrons. The molecule has 0 spiro atoms. The van der Waals surface area contributed by atoms with Gasteiger partial charge < -0.3 is 4.18 Å². The lowest BCUT2D eigenvalue weighted by atomic mass is 10.2. The molecule has 0 unspecified atom stereocenters. The van der Waals surface area contributed by atoms with Gasteiger partial charge in [0.2, 0.25) is 0 Å². The van der Waals surface area contributed by atoms with Crippen LogP contribution in [0.3, 0.4) is 0 Å². The van der Waals surface area contributed by atoms with E-state index in [0.29, 0.717) is 5.65 Å². The topological polar surface area (TPSA) is 9.23 Å². The van der Waals surface area contributed by atoms with E-state index in [-0.39, 0.29) is 0 Å². The van der Waals surface area contributed by atoms with Crippen LogP contribution >= 0.6 is 12.0 Å². The zero-order valence-corrected chi connectivity index (χ0v) is 3.92. The predicted octanol–water partition coefficient (Wildman–Crippen LogP) is -0.128. The summed E-state index contributed by atoms with van der Waals surface area (Å²) in [6.07, 6.45) is 0. The first-order valence-electron chi connectivity index (χ1n) is 2.43. The second-order valence-corrected chi connectivity index (χ2v) is 1.35. The Hall–Kier alpha value is 0.375. The maximum absolute atomic E-state index is 6.65. The van der Waals surface area contributed by atoms with Crippen molar-refractivity contribution in [2.45, 2.75) is 0 Å². The van der Waals surface area contributed by atoms with Gasteiger partial charge in [-0.2, -0.15) is 0 Å². The van der Waals surface area contributed by atoms with Gasteiger partial charge in [0, 0.05) is 0 Å². The summed E-state index contributed by atoms with van der Waals surface area (Å²) in [5.74, 6) is 0. The van der Waals surface area contributed by atoms with Crippen LogP contribution in [0.25, 0.3) is 0 Å². The van der Waals surface area contributed by atoms with Gasteiger partial charge in [0.25, 0.3) is 0 Å². The largest absolute Gasteiger partial charge is 0.319 e. The van der Waals surface area contributed by atoms with Crippen molar-refractivity contribution in [3.63, 3.8) is 0 Å². The van der Waals surface area contributed by atoms with Gasteiger partial charge in [-0.15, -0.1) is 0 Å². The predicted molar refractivity (Wildman–Crippen MR) is 28.0 cm³/mol. The number of hydrogen-bond donors (Lipinski definition) is 0. The number of hydrogen-bond acceptors (Lipinski definition) is 2. The van der Waals surface area contributed by atoms with Gasteiger partial charge in [-0.05, 0) is 20.4 Å². The quantitative estimate of drug-likeness (QED) is 0.355. The zero-order chi connectivity index (χ0) is 5.70. The third kappa shape index (κ3) is 4.37. The van der Waals surface area contributed by atoms with E-state index < -0.39 is 7.77 Å². The summed E-state index contributed by atoms with van der Waals surface area (Å²) in [5, 5.41) is 0. The van der Waals surface area contributed by atoms with Gasteiger partial charge in [0.15, 0.2) is 0 Å². The Balaban J connectivity index is 2.68. The van der Waals surface area contributed by atoms with E-state index in [9.17, 15) is 0 Å². The van der Waals surface area contributed by atoms with Crippen LogP contribution < -0.4 is 0 Å². The minimum absolute atomic E-state index is 0.427. The molecule has 0 aromatic heterocycles. The fourth-order valence-corrected chi connectivity index (χ4v) is 0.204. The molecule has 0 bridgehead atoms. The third-order valence-electron chi connectivity index (χ3n) is 0.186. The Morgan fingerprint density at radius 3 is 3.80 bits per heavy atom. The van der Waals surface area contributed by atoms with E-state index in [1.165, 1.54) is 7.11 Å². The first-order valence-corrected chi connectivity index (χ1v) is 2.18. The molecule has 30 valence electrons. The van der Waals surface area contributed by atoms with Crippen LogP contribution in [-0.4, -0.2) is 23.2 Å². The first kappa shape index (κ1) is 2.53. The van der Waals surface area contributed by atoms with Crippen LogP contribution in [0, 0.1) is 0 Å². The maximum atomic E-state index is 6.65. The molecule has 5 heavy (non-hydrogen) atoms. The molecule has 0 aliphatic carbocycles. The molecular formula is C2H7BOS. The van der Waals surface area contributed by atoms with E-state index in [1.54, 1.807) is 0 Å². The minimum atomic E-state index is -0.759. The normalized spacial score (nSPS) is 13.0. The standard InChI is InChI=1S/C2H7BOS/c1-4-5-2-3/h2-3H2,1H3/i3TD. The molecule has 0 aromatic rings. The van der Waals surface area contributed by atoms with Crippen molar-refractivity contribution in [1.29, 1.82) is 2.67 Å². The van der Waals surface area contributed by atoms with Crippen molar-refractivity contribution >= 4 is 19.8 Å². The van der Waals surface area contributed by atoms with E-state index in [0.717, 1.165) is 12.0 Å². The maximum Gasteiger partial charge on any atom is 0.117 e. The summed E-state index contributed by atoms with van der Waals surface area (Å²) in [5.41, 5.74) is 0.427. The van der Waals surface area contributed by atoms with Crippen molar-refractivity contribution in [2.24, 2.45) is 0 Å². The second-order valence-electron chi connectivity index (χ2n) is 0.451. The minimum Gasteiger partial charge on any atom is -0.319 e. The number of rotatable bonds is 3. The molecule has 0 atom stereocenters. The highest BCUT2D eigenvalue weighted by molar-refractivity contribution is 7.95. The van der Waals surface area contributed by atoms with Crippen LogP contribution in [0.5, 0.6) is 0 Å². The van der Waals surface area contributed by atoms with E-state index in [2.05, 4.69) is 4.18 Å². The van der Waals surface area contributed by atoms with E-state index in [4.69, 9.17) is 2.67 Å². The lowest BCUT2D eigenvalue weighted by molar-refractivity contribution is 0.492. The van der Waals surface area contributed by atoms with E-state index in [1.807, 2.05) is 0 Å². The molecule has 0 heterocycles. The molecule has 0 aliphatic heterocycles. The van der Waals surface area contributed by atoms with E-state index >= 15 is 0 Å². The fraction of sp³-hybridized carbons (Fsp3) is 1.00. The lowest BCUT2D eigenvalue weighted by Crippen LogP contribution is -1.71. The highest BCUT2D eigenvalue weighted by Gasteiger charge is 1.67. The summed E-state index contributed by atoms with van der Waals surface area (Å²) >= 11 is 1.14. The van der Waals surface area contributed by atoms with Crippen LogP contribution in [0.1, 0.15) is 0 Å². The highest BCUT2D eigenvalue weighted by atomic mass is 32.2. The summed E-state index contributed by atoms with van der Waals surface area (Å²) < 4.78 is 17.8. The molecule has 0 aromatic carbocycles. The van der Waals surface area contributed by atoms with Gasteiger partial charge in [0.1, 0.15) is 7.77 Å². The second kappa shape index (κ2) is 4.37. The van der Waals surface area contributed by atoms with Crippen molar-refractivity contribution in [3.05, 3.63) is 0 Å². The van der Waals surface area contributed by atoms with Crippen molar-refractivity contribution in [3.8, 4) is 0 Å². The van der Waals surface area contributed by atoms with Crippen molar-refractivity contribution in [2.75, 3.05) is 12.8 Å². The molecule has 0 fully saturated rings. The first-order chi connectivity index (χ1) is 3.27. The van der Waals surface area contributed by atoms with Gasteiger partial charge in [0.05, 0.1) is 7.11 Å². The molecule has 0 aliphatic rings. The summed E-state index contributed by atoms with van der Waals surface area (Å²) in [7, 11) is 0.775. The Bertz CT molecular complexity index is 44.7. The SMILES string of the molecule is [2H]B([3H])CSOC. The van der Waals surface area contributed by atoms with Crippen LogP contribution in [0.15, 0.2) is 0 Å². The Morgan fingerprint density at radius 2 is 3.60 bits per heavy atom. The van der Waals surface area contributed by atoms with Gasteiger partial charge >= 0.3 is 0 Å².